The first-order chi connectivity index (χ1) is 17.0. The van der Waals surface area contributed by atoms with Gasteiger partial charge in [0, 0.05) is 25.8 Å². The minimum absolute atomic E-state index is 0.187. The first-order valence-electron chi connectivity index (χ1n) is 11.4. The molecule has 4 heterocycles. The number of fused-ring (bicyclic) bond motifs is 2. The van der Waals surface area contributed by atoms with Crippen LogP contribution in [-0.4, -0.2) is 48.9 Å². The predicted molar refractivity (Wildman–Crippen MR) is 124 cm³/mol. The normalized spacial score (nSPS) is 17.9. The SMILES string of the molecule is CC.Cn1cnc2ncn(Cc3ncno3)c(=O)c21.FC(F)Oc1ccc(N2C[C@H]3C[C@H]3C2)cc1. The summed E-state index contributed by atoms with van der Waals surface area (Å²) in [6.45, 7) is 3.68. The molecule has 35 heavy (non-hydrogen) atoms. The molecule has 2 fully saturated rings. The molecule has 10 nitrogen and oxygen atoms in total. The molecule has 4 aromatic rings. The molecule has 1 aliphatic carbocycles. The number of benzene rings is 1. The molecule has 0 N–H and O–H groups in total. The second kappa shape index (κ2) is 10.6. The fraction of sp³-hybridized carbons (Fsp3) is 0.435. The van der Waals surface area contributed by atoms with E-state index in [1.165, 1.54) is 23.6 Å². The van der Waals surface area contributed by atoms with E-state index in [0.717, 1.165) is 30.6 Å². The molecular weight excluding hydrogens is 460 g/mol. The molecule has 0 bridgehead atoms. The van der Waals surface area contributed by atoms with Gasteiger partial charge in [-0.3, -0.25) is 9.36 Å². The van der Waals surface area contributed by atoms with Crippen molar-refractivity contribution >= 4 is 16.9 Å². The van der Waals surface area contributed by atoms with Crippen molar-refractivity contribution in [2.24, 2.45) is 18.9 Å². The second-order valence-corrected chi connectivity index (χ2v) is 8.07. The average molecular weight is 488 g/mol. The Labute approximate surface area is 200 Å². The zero-order valence-electron chi connectivity index (χ0n) is 19.7. The van der Waals surface area contributed by atoms with Gasteiger partial charge in [-0.15, -0.1) is 0 Å². The van der Waals surface area contributed by atoms with Crippen molar-refractivity contribution in [3.05, 3.63) is 59.5 Å². The highest BCUT2D eigenvalue weighted by Crippen LogP contribution is 2.46. The van der Waals surface area contributed by atoms with Crippen LogP contribution in [0.3, 0.4) is 0 Å². The summed E-state index contributed by atoms with van der Waals surface area (Å²) in [6, 6.07) is 6.90. The molecule has 1 aromatic carbocycles. The van der Waals surface area contributed by atoms with Gasteiger partial charge < -0.3 is 18.7 Å². The lowest BCUT2D eigenvalue weighted by Gasteiger charge is -2.20. The molecule has 186 valence electrons. The number of anilines is 1. The van der Waals surface area contributed by atoms with Gasteiger partial charge in [-0.2, -0.15) is 13.8 Å². The van der Waals surface area contributed by atoms with Crippen molar-refractivity contribution in [1.82, 2.24) is 29.2 Å². The van der Waals surface area contributed by atoms with Crippen molar-refractivity contribution in [2.45, 2.75) is 33.4 Å². The number of rotatable bonds is 5. The summed E-state index contributed by atoms with van der Waals surface area (Å²) < 4.78 is 36.1. The zero-order chi connectivity index (χ0) is 24.9. The molecule has 6 rings (SSSR count). The lowest BCUT2D eigenvalue weighted by molar-refractivity contribution is -0.0498. The van der Waals surface area contributed by atoms with E-state index in [4.69, 9.17) is 4.52 Å². The van der Waals surface area contributed by atoms with Crippen LogP contribution < -0.4 is 15.2 Å². The quantitative estimate of drug-likeness (QED) is 0.422. The van der Waals surface area contributed by atoms with E-state index in [9.17, 15) is 13.6 Å². The van der Waals surface area contributed by atoms with Gasteiger partial charge in [-0.1, -0.05) is 19.0 Å². The summed E-state index contributed by atoms with van der Waals surface area (Å²) >= 11 is 0. The van der Waals surface area contributed by atoms with E-state index in [1.807, 2.05) is 26.0 Å². The number of nitrogens with zero attached hydrogens (tertiary/aromatic N) is 7. The highest BCUT2D eigenvalue weighted by Gasteiger charge is 2.45. The molecule has 0 amide bonds. The summed E-state index contributed by atoms with van der Waals surface area (Å²) in [5.41, 5.74) is 1.80. The van der Waals surface area contributed by atoms with E-state index in [-0.39, 0.29) is 17.9 Å². The third-order valence-electron chi connectivity index (χ3n) is 5.82. The number of piperidine rings is 1. The van der Waals surface area contributed by atoms with Crippen LogP contribution in [0.25, 0.3) is 11.2 Å². The predicted octanol–water partition coefficient (Wildman–Crippen LogP) is 3.33. The van der Waals surface area contributed by atoms with Crippen LogP contribution in [0.4, 0.5) is 14.5 Å². The minimum atomic E-state index is -2.75. The fourth-order valence-electron chi connectivity index (χ4n) is 4.04. The average Bonchev–Trinajstić information content (AvgIpc) is 3.23. The molecule has 1 saturated carbocycles. The van der Waals surface area contributed by atoms with Crippen LogP contribution in [0.15, 0.2) is 52.6 Å². The number of ether oxygens (including phenoxy) is 1. The molecule has 1 saturated heterocycles. The highest BCUT2D eigenvalue weighted by molar-refractivity contribution is 5.68. The smallest absolute Gasteiger partial charge is 0.387 e. The second-order valence-electron chi connectivity index (χ2n) is 8.07. The van der Waals surface area contributed by atoms with E-state index in [2.05, 4.69) is 29.7 Å². The molecule has 1 aliphatic heterocycles. The summed E-state index contributed by atoms with van der Waals surface area (Å²) in [6.07, 6.45) is 5.62. The van der Waals surface area contributed by atoms with E-state index in [0.29, 0.717) is 17.1 Å². The van der Waals surface area contributed by atoms with Gasteiger partial charge in [-0.05, 0) is 42.5 Å². The molecule has 3 aromatic heterocycles. The van der Waals surface area contributed by atoms with Crippen LogP contribution in [-0.2, 0) is 13.6 Å². The Kier molecular flexibility index (Phi) is 7.37. The van der Waals surface area contributed by atoms with Gasteiger partial charge in [0.1, 0.15) is 18.6 Å². The molecule has 0 spiro atoms. The van der Waals surface area contributed by atoms with Crippen molar-refractivity contribution < 1.29 is 18.0 Å². The fourth-order valence-corrected chi connectivity index (χ4v) is 4.04. The summed E-state index contributed by atoms with van der Waals surface area (Å²) in [7, 11) is 1.75. The number of alkyl halides is 2. The molecule has 12 heteroatoms. The van der Waals surface area contributed by atoms with Crippen molar-refractivity contribution in [3.63, 3.8) is 0 Å². The van der Waals surface area contributed by atoms with Gasteiger partial charge in [0.2, 0.25) is 5.89 Å². The highest BCUT2D eigenvalue weighted by atomic mass is 19.3. The Morgan fingerprint density at radius 2 is 1.77 bits per heavy atom. The lowest BCUT2D eigenvalue weighted by Crippen LogP contribution is -2.22. The van der Waals surface area contributed by atoms with Crippen molar-refractivity contribution in [1.29, 1.82) is 0 Å². The summed E-state index contributed by atoms with van der Waals surface area (Å²) in [5, 5.41) is 3.48. The Balaban J connectivity index is 0.000000155. The third-order valence-corrected chi connectivity index (χ3v) is 5.82. The number of hydrogen-bond donors (Lipinski definition) is 0. The Morgan fingerprint density at radius 1 is 1.09 bits per heavy atom. The van der Waals surface area contributed by atoms with Gasteiger partial charge in [0.15, 0.2) is 17.5 Å². The topological polar surface area (TPSA) is 104 Å². The molecule has 0 radical (unpaired) electrons. The van der Waals surface area contributed by atoms with Crippen LogP contribution >= 0.6 is 0 Å². The van der Waals surface area contributed by atoms with Crippen LogP contribution in [0.5, 0.6) is 5.75 Å². The monoisotopic (exact) mass is 487 g/mol. The van der Waals surface area contributed by atoms with Gasteiger partial charge in [-0.25, -0.2) is 9.97 Å². The Hall–Kier alpha value is -3.83. The number of hydrogen-bond acceptors (Lipinski definition) is 8. The Bertz CT molecular complexity index is 1280. The molecule has 2 atom stereocenters. The van der Waals surface area contributed by atoms with Crippen LogP contribution in [0, 0.1) is 11.8 Å². The molecule has 0 unspecified atom stereocenters. The minimum Gasteiger partial charge on any atom is -0.435 e. The van der Waals surface area contributed by atoms with E-state index >= 15 is 0 Å². The van der Waals surface area contributed by atoms with Gasteiger partial charge in [0.25, 0.3) is 5.56 Å². The van der Waals surface area contributed by atoms with Gasteiger partial charge >= 0.3 is 6.61 Å². The number of imidazole rings is 1. The van der Waals surface area contributed by atoms with Crippen molar-refractivity contribution in [3.8, 4) is 5.75 Å². The molecule has 2 aliphatic rings. The van der Waals surface area contributed by atoms with Crippen molar-refractivity contribution in [2.75, 3.05) is 18.0 Å². The standard InChI is InChI=1S/C12H13F2NO.C9H8N6O2.C2H6/c13-12(14)16-11-3-1-10(2-4-11)15-6-8-5-9(8)7-15;1-14-4-11-8-7(14)9(16)15(5-12-8)2-6-10-3-13-17-6;1-2/h1-4,8-9,12H,5-7H2;3-5H,2H2,1H3;1-2H3/t8-,9+;;. The number of halogens is 2. The third kappa shape index (κ3) is 5.64. The number of aryl methyl sites for hydroxylation is 1. The Morgan fingerprint density at radius 3 is 2.40 bits per heavy atom. The summed E-state index contributed by atoms with van der Waals surface area (Å²) in [4.78, 5) is 26.4. The maximum Gasteiger partial charge on any atom is 0.387 e. The first-order valence-corrected chi connectivity index (χ1v) is 11.4. The van der Waals surface area contributed by atoms with Gasteiger partial charge in [0.05, 0.1) is 6.33 Å². The zero-order valence-corrected chi connectivity index (χ0v) is 19.7. The maximum atomic E-state index is 12.1. The van der Waals surface area contributed by atoms with Crippen LogP contribution in [0.2, 0.25) is 0 Å². The molecular formula is C23H27F2N7O3. The van der Waals surface area contributed by atoms with E-state index < -0.39 is 6.61 Å². The largest absolute Gasteiger partial charge is 0.435 e. The lowest BCUT2D eigenvalue weighted by atomic mass is 10.2. The maximum absolute atomic E-state index is 12.1. The number of aromatic nitrogens is 6. The summed E-state index contributed by atoms with van der Waals surface area (Å²) in [5.74, 6) is 2.33. The van der Waals surface area contributed by atoms with Crippen LogP contribution in [0.1, 0.15) is 26.2 Å². The van der Waals surface area contributed by atoms with E-state index in [1.54, 1.807) is 30.1 Å². The first kappa shape index (κ1) is 24.3.